The summed E-state index contributed by atoms with van der Waals surface area (Å²) in [6.07, 6.45) is 0. The van der Waals surface area contributed by atoms with E-state index in [-0.39, 0.29) is 17.1 Å². The molecule has 2 aliphatic heterocycles. The van der Waals surface area contributed by atoms with Gasteiger partial charge in [0.05, 0.1) is 10.9 Å². The maximum absolute atomic E-state index is 12.3. The third kappa shape index (κ3) is 5.75. The van der Waals surface area contributed by atoms with Crippen LogP contribution in [0.3, 0.4) is 0 Å². The highest BCUT2D eigenvalue weighted by Gasteiger charge is 2.23. The molecule has 28 heavy (non-hydrogen) atoms. The molecule has 1 unspecified atom stereocenters. The van der Waals surface area contributed by atoms with E-state index in [0.29, 0.717) is 16.9 Å². The minimum Gasteiger partial charge on any atom is -0.324 e. The number of benzene rings is 2. The number of amides is 2. The van der Waals surface area contributed by atoms with Crippen LogP contribution in [0.5, 0.6) is 0 Å². The molecule has 1 saturated heterocycles. The van der Waals surface area contributed by atoms with Crippen molar-refractivity contribution in [3.05, 3.63) is 48.0 Å². The summed E-state index contributed by atoms with van der Waals surface area (Å²) < 4.78 is 0. The lowest BCUT2D eigenvalue weighted by molar-refractivity contribution is -0.115. The van der Waals surface area contributed by atoms with Crippen molar-refractivity contribution < 1.29 is 9.59 Å². The van der Waals surface area contributed by atoms with Gasteiger partial charge in [-0.2, -0.15) is 0 Å². The van der Waals surface area contributed by atoms with Crippen molar-refractivity contribution >= 4 is 47.6 Å². The van der Waals surface area contributed by atoms with Gasteiger partial charge in [-0.1, -0.05) is 6.07 Å². The third-order valence-electron chi connectivity index (χ3n) is 4.23. The average molecular weight is 417 g/mol. The minimum absolute atomic E-state index is 0.0437. The molecular formula is C20H24N4O2S2. The number of carbonyl (C=O) groups excluding carboxylic acids is 2. The number of anilines is 2. The molecular weight excluding hydrogens is 392 g/mol. The summed E-state index contributed by atoms with van der Waals surface area (Å²) in [7, 11) is 0. The lowest BCUT2D eigenvalue weighted by atomic mass is 10.1. The summed E-state index contributed by atoms with van der Waals surface area (Å²) >= 11 is 5.74. The number of rotatable bonds is 2. The monoisotopic (exact) mass is 416 g/mol. The summed E-state index contributed by atoms with van der Waals surface area (Å²) in [6.45, 7) is 6.41. The molecule has 0 aromatic heterocycles. The summed E-state index contributed by atoms with van der Waals surface area (Å²) in [6, 6.07) is 12.6. The highest BCUT2D eigenvalue weighted by Crippen LogP contribution is 2.36. The van der Waals surface area contributed by atoms with E-state index in [1.54, 1.807) is 24.3 Å². The molecule has 8 heteroatoms. The average Bonchev–Trinajstić information content (AvgIpc) is 2.70. The molecule has 2 aromatic carbocycles. The Morgan fingerprint density at radius 1 is 1.11 bits per heavy atom. The second kappa shape index (κ2) is 9.97. The van der Waals surface area contributed by atoms with E-state index in [0.717, 1.165) is 36.0 Å². The predicted octanol–water partition coefficient (Wildman–Crippen LogP) is 2.84. The molecule has 148 valence electrons. The Bertz CT molecular complexity index is 844. The molecule has 0 saturated carbocycles. The topological polar surface area (TPSA) is 82.3 Å². The van der Waals surface area contributed by atoms with Crippen LogP contribution in [0.2, 0.25) is 0 Å². The van der Waals surface area contributed by atoms with Gasteiger partial charge >= 0.3 is 0 Å². The first kappa shape index (κ1) is 20.7. The number of thiol groups is 1. The van der Waals surface area contributed by atoms with Crippen molar-refractivity contribution in [3.63, 3.8) is 0 Å². The fraction of sp³-hybridized carbons (Fsp3) is 0.300. The SMILES string of the molecule is C1CNCCN1.CC1Sc2ccc(C(=O)Nc3cccc(S)c3)cc2NC1=O. The van der Waals surface area contributed by atoms with Gasteiger partial charge in [-0.15, -0.1) is 24.4 Å². The molecule has 2 aliphatic rings. The van der Waals surface area contributed by atoms with Crippen LogP contribution in [0, 0.1) is 0 Å². The van der Waals surface area contributed by atoms with Gasteiger partial charge in [0.2, 0.25) is 5.91 Å². The number of fused-ring (bicyclic) bond motifs is 1. The highest BCUT2D eigenvalue weighted by atomic mass is 32.2. The number of nitrogens with one attached hydrogen (secondary N) is 4. The maximum atomic E-state index is 12.3. The largest absolute Gasteiger partial charge is 0.324 e. The molecule has 1 atom stereocenters. The number of hydrogen-bond donors (Lipinski definition) is 5. The van der Waals surface area contributed by atoms with Crippen molar-refractivity contribution in [2.24, 2.45) is 0 Å². The number of thioether (sulfide) groups is 1. The molecule has 0 bridgehead atoms. The van der Waals surface area contributed by atoms with Gasteiger partial charge in [0.15, 0.2) is 0 Å². The summed E-state index contributed by atoms with van der Waals surface area (Å²) in [5.41, 5.74) is 1.87. The van der Waals surface area contributed by atoms with Gasteiger partial charge in [0.25, 0.3) is 5.91 Å². The molecule has 1 fully saturated rings. The molecule has 2 heterocycles. The molecule has 2 aromatic rings. The van der Waals surface area contributed by atoms with E-state index in [1.165, 1.54) is 11.8 Å². The molecule has 6 nitrogen and oxygen atoms in total. The van der Waals surface area contributed by atoms with Crippen LogP contribution in [-0.2, 0) is 4.79 Å². The first-order chi connectivity index (χ1) is 13.5. The van der Waals surface area contributed by atoms with E-state index in [9.17, 15) is 9.59 Å². The van der Waals surface area contributed by atoms with E-state index in [2.05, 4.69) is 33.9 Å². The molecule has 0 aliphatic carbocycles. The Hall–Kier alpha value is -2.00. The van der Waals surface area contributed by atoms with Crippen molar-refractivity contribution in [3.8, 4) is 0 Å². The molecule has 2 amide bonds. The van der Waals surface area contributed by atoms with Gasteiger partial charge in [-0.05, 0) is 43.3 Å². The number of piperazine rings is 1. The quantitative estimate of drug-likeness (QED) is 0.487. The van der Waals surface area contributed by atoms with Gasteiger partial charge in [-0.25, -0.2) is 0 Å². The van der Waals surface area contributed by atoms with Gasteiger partial charge in [0, 0.05) is 47.2 Å². The molecule has 4 rings (SSSR count). The zero-order chi connectivity index (χ0) is 19.9. The van der Waals surface area contributed by atoms with Crippen molar-refractivity contribution in [1.29, 1.82) is 0 Å². The Morgan fingerprint density at radius 2 is 1.82 bits per heavy atom. The van der Waals surface area contributed by atoms with Crippen molar-refractivity contribution in [1.82, 2.24) is 10.6 Å². The Morgan fingerprint density at radius 3 is 2.46 bits per heavy atom. The Kier molecular flexibility index (Phi) is 7.38. The summed E-state index contributed by atoms with van der Waals surface area (Å²) in [5.74, 6) is -0.266. The van der Waals surface area contributed by atoms with E-state index in [1.807, 2.05) is 25.1 Å². The molecule has 0 spiro atoms. The molecule has 0 radical (unpaired) electrons. The van der Waals surface area contributed by atoms with Crippen molar-refractivity contribution in [2.75, 3.05) is 36.8 Å². The lowest BCUT2D eigenvalue weighted by Crippen LogP contribution is -2.39. The predicted molar refractivity (Wildman–Crippen MR) is 118 cm³/mol. The minimum atomic E-state index is -0.223. The third-order valence-corrected chi connectivity index (χ3v) is 5.69. The smallest absolute Gasteiger partial charge is 0.255 e. The standard InChI is InChI=1S/C16H14N2O2S2.C4H10N2/c1-9-15(19)18-13-7-10(5-6-14(13)22-9)16(20)17-11-3-2-4-12(21)8-11;1-2-6-4-3-5-1/h2-9,21H,1H3,(H,17,20)(H,18,19);5-6H,1-4H2. The van der Waals surface area contributed by atoms with Crippen LogP contribution in [0.4, 0.5) is 11.4 Å². The van der Waals surface area contributed by atoms with Crippen LogP contribution in [0.25, 0.3) is 0 Å². The Labute approximate surface area is 174 Å². The second-order valence-corrected chi connectivity index (χ2v) is 8.36. The fourth-order valence-electron chi connectivity index (χ4n) is 2.74. The fourth-order valence-corrected chi connectivity index (χ4v) is 3.90. The van der Waals surface area contributed by atoms with Crippen LogP contribution in [-0.4, -0.2) is 43.2 Å². The first-order valence-electron chi connectivity index (χ1n) is 9.16. The van der Waals surface area contributed by atoms with E-state index < -0.39 is 0 Å². The summed E-state index contributed by atoms with van der Waals surface area (Å²) in [4.78, 5) is 25.8. The zero-order valence-electron chi connectivity index (χ0n) is 15.6. The Balaban J connectivity index is 0.000000320. The lowest BCUT2D eigenvalue weighted by Gasteiger charge is -2.21. The zero-order valence-corrected chi connectivity index (χ0v) is 17.3. The van der Waals surface area contributed by atoms with Crippen LogP contribution < -0.4 is 21.3 Å². The van der Waals surface area contributed by atoms with Crippen LogP contribution >= 0.6 is 24.4 Å². The number of carbonyl (C=O) groups is 2. The van der Waals surface area contributed by atoms with Gasteiger partial charge < -0.3 is 21.3 Å². The summed E-state index contributed by atoms with van der Waals surface area (Å²) in [5, 5.41) is 12.0. The van der Waals surface area contributed by atoms with Gasteiger partial charge in [0.1, 0.15) is 0 Å². The van der Waals surface area contributed by atoms with Crippen LogP contribution in [0.1, 0.15) is 17.3 Å². The van der Waals surface area contributed by atoms with Gasteiger partial charge in [-0.3, -0.25) is 9.59 Å². The second-order valence-electron chi connectivity index (χ2n) is 6.46. The normalized spacial score (nSPS) is 18.2. The highest BCUT2D eigenvalue weighted by molar-refractivity contribution is 8.00. The molecule has 4 N–H and O–H groups in total. The van der Waals surface area contributed by atoms with E-state index >= 15 is 0 Å². The van der Waals surface area contributed by atoms with Crippen LogP contribution in [0.15, 0.2) is 52.3 Å². The van der Waals surface area contributed by atoms with Crippen molar-refractivity contribution in [2.45, 2.75) is 22.0 Å². The number of hydrogen-bond acceptors (Lipinski definition) is 6. The maximum Gasteiger partial charge on any atom is 0.255 e. The van der Waals surface area contributed by atoms with E-state index in [4.69, 9.17) is 0 Å². The first-order valence-corrected chi connectivity index (χ1v) is 10.5.